The second-order valence-electron chi connectivity index (χ2n) is 5.29. The lowest BCUT2D eigenvalue weighted by Crippen LogP contribution is -2.51. The Hall–Kier alpha value is -2.15. The fourth-order valence-electron chi connectivity index (χ4n) is 2.50. The number of carbonyl (C=O) groups excluding carboxylic acids is 2. The molecular weight excluding hydrogens is 300 g/mol. The minimum atomic E-state index is 0.0442. The number of thiophene rings is 1. The number of aryl methyl sites for hydroxylation is 1. The van der Waals surface area contributed by atoms with Gasteiger partial charge in [0.05, 0.1) is 4.88 Å². The van der Waals surface area contributed by atoms with Crippen LogP contribution >= 0.6 is 11.3 Å². The molecule has 0 aromatic carbocycles. The van der Waals surface area contributed by atoms with Gasteiger partial charge < -0.3 is 9.80 Å². The molecule has 2 amide bonds. The first-order chi connectivity index (χ1) is 10.6. The fraction of sp³-hybridized carbons (Fsp3) is 0.400. The number of nitrogens with zero attached hydrogens (tertiary/aromatic N) is 4. The molecule has 1 saturated heterocycles. The van der Waals surface area contributed by atoms with Gasteiger partial charge in [-0.1, -0.05) is 0 Å². The fourth-order valence-corrected chi connectivity index (χ4v) is 3.33. The zero-order chi connectivity index (χ0) is 15.5. The SMILES string of the molecule is Cc1ccc(C(=O)N2CCN(C(=O)Cn3cccn3)CC2)s1. The smallest absolute Gasteiger partial charge is 0.264 e. The van der Waals surface area contributed by atoms with Crippen LogP contribution in [0.1, 0.15) is 14.5 Å². The van der Waals surface area contributed by atoms with Gasteiger partial charge >= 0.3 is 0 Å². The van der Waals surface area contributed by atoms with Gasteiger partial charge in [-0.2, -0.15) is 5.10 Å². The summed E-state index contributed by atoms with van der Waals surface area (Å²) in [6.07, 6.45) is 3.43. The number of piperazine rings is 1. The van der Waals surface area contributed by atoms with E-state index in [9.17, 15) is 9.59 Å². The van der Waals surface area contributed by atoms with Crippen molar-refractivity contribution in [1.29, 1.82) is 0 Å². The van der Waals surface area contributed by atoms with Crippen molar-refractivity contribution in [1.82, 2.24) is 19.6 Å². The normalized spacial score (nSPS) is 15.1. The lowest BCUT2D eigenvalue weighted by molar-refractivity contribution is -0.133. The Morgan fingerprint density at radius 3 is 2.50 bits per heavy atom. The summed E-state index contributed by atoms with van der Waals surface area (Å²) in [6.45, 7) is 4.58. The average molecular weight is 318 g/mol. The first-order valence-electron chi connectivity index (χ1n) is 7.24. The molecule has 3 heterocycles. The van der Waals surface area contributed by atoms with E-state index in [1.54, 1.807) is 28.0 Å². The number of amides is 2. The van der Waals surface area contributed by atoms with E-state index in [-0.39, 0.29) is 18.4 Å². The predicted octanol–water partition coefficient (Wildman–Crippen LogP) is 1.24. The predicted molar refractivity (Wildman–Crippen MR) is 83.8 cm³/mol. The number of aromatic nitrogens is 2. The van der Waals surface area contributed by atoms with E-state index in [0.29, 0.717) is 26.2 Å². The van der Waals surface area contributed by atoms with Crippen molar-refractivity contribution < 1.29 is 9.59 Å². The third-order valence-corrected chi connectivity index (χ3v) is 4.72. The Labute approximate surface area is 132 Å². The first kappa shape index (κ1) is 14.8. The zero-order valence-electron chi connectivity index (χ0n) is 12.4. The van der Waals surface area contributed by atoms with Crippen LogP contribution < -0.4 is 0 Å². The number of hydrogen-bond donors (Lipinski definition) is 0. The summed E-state index contributed by atoms with van der Waals surface area (Å²) in [7, 11) is 0. The molecule has 0 spiro atoms. The van der Waals surface area contributed by atoms with Crippen molar-refractivity contribution in [2.24, 2.45) is 0 Å². The third kappa shape index (κ3) is 3.19. The molecule has 0 unspecified atom stereocenters. The van der Waals surface area contributed by atoms with Crippen molar-refractivity contribution >= 4 is 23.2 Å². The van der Waals surface area contributed by atoms with Crippen molar-refractivity contribution in [3.63, 3.8) is 0 Å². The van der Waals surface area contributed by atoms with Crippen molar-refractivity contribution in [2.45, 2.75) is 13.5 Å². The zero-order valence-corrected chi connectivity index (χ0v) is 13.3. The Balaban J connectivity index is 1.54. The Morgan fingerprint density at radius 2 is 1.91 bits per heavy atom. The third-order valence-electron chi connectivity index (χ3n) is 3.73. The summed E-state index contributed by atoms with van der Waals surface area (Å²) in [5, 5.41) is 4.04. The minimum absolute atomic E-state index is 0.0442. The van der Waals surface area contributed by atoms with Gasteiger partial charge in [-0.15, -0.1) is 11.3 Å². The van der Waals surface area contributed by atoms with Gasteiger partial charge in [0.2, 0.25) is 5.91 Å². The molecule has 22 heavy (non-hydrogen) atoms. The van der Waals surface area contributed by atoms with Gasteiger partial charge in [0, 0.05) is 43.4 Å². The Morgan fingerprint density at radius 1 is 1.18 bits per heavy atom. The van der Waals surface area contributed by atoms with Crippen LogP contribution in [0.4, 0.5) is 0 Å². The molecule has 0 bridgehead atoms. The molecule has 0 atom stereocenters. The topological polar surface area (TPSA) is 58.4 Å². The van der Waals surface area contributed by atoms with Crippen molar-refractivity contribution in [3.05, 3.63) is 40.3 Å². The number of carbonyl (C=O) groups is 2. The van der Waals surface area contributed by atoms with E-state index in [4.69, 9.17) is 0 Å². The summed E-state index contributed by atoms with van der Waals surface area (Å²) in [4.78, 5) is 30.1. The molecule has 2 aromatic heterocycles. The molecule has 0 radical (unpaired) electrons. The maximum Gasteiger partial charge on any atom is 0.264 e. The van der Waals surface area contributed by atoms with E-state index < -0.39 is 0 Å². The molecule has 1 fully saturated rings. The summed E-state index contributed by atoms with van der Waals surface area (Å²) in [5.41, 5.74) is 0. The molecule has 6 nitrogen and oxygen atoms in total. The van der Waals surface area contributed by atoms with Crippen LogP contribution in [0.5, 0.6) is 0 Å². The van der Waals surface area contributed by atoms with Crippen LogP contribution in [0.25, 0.3) is 0 Å². The number of rotatable bonds is 3. The first-order valence-corrected chi connectivity index (χ1v) is 8.06. The van der Waals surface area contributed by atoms with Gasteiger partial charge in [0.1, 0.15) is 6.54 Å². The largest absolute Gasteiger partial charge is 0.338 e. The minimum Gasteiger partial charge on any atom is -0.338 e. The molecule has 1 aliphatic heterocycles. The summed E-state index contributed by atoms with van der Waals surface area (Å²) in [5.74, 6) is 0.111. The molecule has 3 rings (SSSR count). The summed E-state index contributed by atoms with van der Waals surface area (Å²) in [6, 6.07) is 5.63. The van der Waals surface area contributed by atoms with Crippen LogP contribution in [-0.2, 0) is 11.3 Å². The lowest BCUT2D eigenvalue weighted by Gasteiger charge is -2.34. The van der Waals surface area contributed by atoms with E-state index in [1.165, 1.54) is 11.3 Å². The molecule has 0 saturated carbocycles. The van der Waals surface area contributed by atoms with Gasteiger partial charge in [-0.05, 0) is 25.1 Å². The molecule has 7 heteroatoms. The standard InChI is InChI=1S/C15H18N4O2S/c1-12-3-4-13(22-12)15(21)18-9-7-17(8-10-18)14(20)11-19-6-2-5-16-19/h2-6H,7-11H2,1H3. The molecule has 1 aliphatic rings. The van der Waals surface area contributed by atoms with E-state index in [0.717, 1.165) is 9.75 Å². The van der Waals surface area contributed by atoms with Gasteiger partial charge in [0.15, 0.2) is 0 Å². The second kappa shape index (κ2) is 6.31. The van der Waals surface area contributed by atoms with Gasteiger partial charge in [-0.3, -0.25) is 14.3 Å². The average Bonchev–Trinajstić information content (AvgIpc) is 3.18. The maximum atomic E-state index is 12.4. The highest BCUT2D eigenvalue weighted by atomic mass is 32.1. The van der Waals surface area contributed by atoms with Crippen LogP contribution in [0.3, 0.4) is 0 Å². The molecule has 116 valence electrons. The quantitative estimate of drug-likeness (QED) is 0.855. The van der Waals surface area contributed by atoms with E-state index >= 15 is 0 Å². The summed E-state index contributed by atoms with van der Waals surface area (Å²) < 4.78 is 1.62. The van der Waals surface area contributed by atoms with Crippen LogP contribution in [0.2, 0.25) is 0 Å². The highest BCUT2D eigenvalue weighted by Crippen LogP contribution is 2.18. The van der Waals surface area contributed by atoms with Crippen LogP contribution in [-0.4, -0.2) is 57.6 Å². The molecule has 2 aromatic rings. The second-order valence-corrected chi connectivity index (χ2v) is 6.57. The van der Waals surface area contributed by atoms with E-state index in [1.807, 2.05) is 24.0 Å². The molecule has 0 aliphatic carbocycles. The van der Waals surface area contributed by atoms with E-state index in [2.05, 4.69) is 5.10 Å². The Bertz CT molecular complexity index is 657. The molecular formula is C15H18N4O2S. The number of hydrogen-bond acceptors (Lipinski definition) is 4. The Kier molecular flexibility index (Phi) is 4.24. The maximum absolute atomic E-state index is 12.4. The summed E-state index contributed by atoms with van der Waals surface area (Å²) >= 11 is 1.52. The monoisotopic (exact) mass is 318 g/mol. The highest BCUT2D eigenvalue weighted by molar-refractivity contribution is 7.13. The lowest BCUT2D eigenvalue weighted by atomic mass is 10.3. The van der Waals surface area contributed by atoms with Crippen LogP contribution in [0, 0.1) is 6.92 Å². The van der Waals surface area contributed by atoms with Gasteiger partial charge in [0.25, 0.3) is 5.91 Å². The molecule has 0 N–H and O–H groups in total. The van der Waals surface area contributed by atoms with Gasteiger partial charge in [-0.25, -0.2) is 0 Å². The van der Waals surface area contributed by atoms with Crippen molar-refractivity contribution in [2.75, 3.05) is 26.2 Å². The van der Waals surface area contributed by atoms with Crippen LogP contribution in [0.15, 0.2) is 30.6 Å². The highest BCUT2D eigenvalue weighted by Gasteiger charge is 2.25. The van der Waals surface area contributed by atoms with Crippen molar-refractivity contribution in [3.8, 4) is 0 Å².